The Bertz CT molecular complexity index is 587. The molecule has 2 nitrogen and oxygen atoms in total. The van der Waals surface area contributed by atoms with Crippen LogP contribution in [0.5, 0.6) is 0 Å². The summed E-state index contributed by atoms with van der Waals surface area (Å²) in [5, 5.41) is 3.86. The fourth-order valence-corrected chi connectivity index (χ4v) is 2.41. The van der Waals surface area contributed by atoms with Crippen LogP contribution in [0.1, 0.15) is 16.7 Å². The molecule has 2 aromatic carbocycles. The highest BCUT2D eigenvalue weighted by atomic mass is 16.6. The minimum absolute atomic E-state index is 0.984. The van der Waals surface area contributed by atoms with E-state index in [1.165, 1.54) is 22.3 Å². The molecule has 0 bridgehead atoms. The number of benzene rings is 2. The molecular formula is C15H13NO. The molecule has 0 aromatic heterocycles. The van der Waals surface area contributed by atoms with Crippen molar-refractivity contribution in [1.29, 1.82) is 0 Å². The number of rotatable bonds is 2. The highest BCUT2D eigenvalue weighted by Gasteiger charge is 2.19. The topological polar surface area (TPSA) is 21.6 Å². The maximum Gasteiger partial charge on any atom is 0.106 e. The monoisotopic (exact) mass is 223 g/mol. The third kappa shape index (κ3) is 1.62. The summed E-state index contributed by atoms with van der Waals surface area (Å²) in [5.41, 5.74) is 6.53. The van der Waals surface area contributed by atoms with Crippen LogP contribution in [0.2, 0.25) is 0 Å². The van der Waals surface area contributed by atoms with E-state index in [0.29, 0.717) is 0 Å². The number of fused-ring (bicyclic) bond motifs is 3. The second-order valence-electron chi connectivity index (χ2n) is 4.12. The SMILES string of the molecule is CON=Cc1cccc2c1Cc1ccccc1-2. The summed E-state index contributed by atoms with van der Waals surface area (Å²) in [5.74, 6) is 0. The van der Waals surface area contributed by atoms with Crippen LogP contribution in [0.15, 0.2) is 47.6 Å². The van der Waals surface area contributed by atoms with Crippen molar-refractivity contribution in [3.8, 4) is 11.1 Å². The molecule has 84 valence electrons. The normalized spacial score (nSPS) is 12.5. The van der Waals surface area contributed by atoms with Crippen molar-refractivity contribution in [1.82, 2.24) is 0 Å². The Labute approximate surface area is 101 Å². The van der Waals surface area contributed by atoms with Gasteiger partial charge in [0.15, 0.2) is 0 Å². The molecule has 3 rings (SSSR count). The van der Waals surface area contributed by atoms with E-state index in [9.17, 15) is 0 Å². The van der Waals surface area contributed by atoms with E-state index in [2.05, 4.69) is 47.6 Å². The lowest BCUT2D eigenvalue weighted by molar-refractivity contribution is 0.215. The Morgan fingerprint density at radius 3 is 2.76 bits per heavy atom. The highest BCUT2D eigenvalue weighted by molar-refractivity contribution is 5.89. The minimum atomic E-state index is 0.984. The van der Waals surface area contributed by atoms with Crippen molar-refractivity contribution in [3.05, 3.63) is 59.2 Å². The van der Waals surface area contributed by atoms with E-state index in [4.69, 9.17) is 4.84 Å². The molecule has 0 heterocycles. The van der Waals surface area contributed by atoms with Crippen molar-refractivity contribution in [3.63, 3.8) is 0 Å². The Morgan fingerprint density at radius 2 is 1.88 bits per heavy atom. The Balaban J connectivity index is 2.14. The van der Waals surface area contributed by atoms with Gasteiger partial charge in [-0.05, 0) is 28.7 Å². The zero-order valence-electron chi connectivity index (χ0n) is 9.68. The largest absolute Gasteiger partial charge is 0.399 e. The number of hydrogen-bond donors (Lipinski definition) is 0. The van der Waals surface area contributed by atoms with Gasteiger partial charge in [0.25, 0.3) is 0 Å². The molecule has 0 saturated carbocycles. The van der Waals surface area contributed by atoms with E-state index in [0.717, 1.165) is 12.0 Å². The molecule has 2 aromatic rings. The maximum atomic E-state index is 4.75. The summed E-state index contributed by atoms with van der Waals surface area (Å²) in [4.78, 5) is 4.75. The molecule has 17 heavy (non-hydrogen) atoms. The number of hydrogen-bond acceptors (Lipinski definition) is 2. The van der Waals surface area contributed by atoms with Gasteiger partial charge in [0.1, 0.15) is 7.11 Å². The number of nitrogens with zero attached hydrogens (tertiary/aromatic N) is 1. The molecule has 1 aliphatic carbocycles. The second-order valence-corrected chi connectivity index (χ2v) is 4.12. The molecule has 0 fully saturated rings. The molecule has 0 unspecified atom stereocenters. The van der Waals surface area contributed by atoms with E-state index < -0.39 is 0 Å². The van der Waals surface area contributed by atoms with Gasteiger partial charge in [0, 0.05) is 5.56 Å². The predicted octanol–water partition coefficient (Wildman–Crippen LogP) is 3.24. The van der Waals surface area contributed by atoms with E-state index in [-0.39, 0.29) is 0 Å². The lowest BCUT2D eigenvalue weighted by Gasteiger charge is -2.03. The summed E-state index contributed by atoms with van der Waals surface area (Å²) in [6, 6.07) is 14.9. The van der Waals surface area contributed by atoms with Gasteiger partial charge >= 0.3 is 0 Å². The van der Waals surface area contributed by atoms with Crippen molar-refractivity contribution >= 4 is 6.21 Å². The molecule has 0 radical (unpaired) electrons. The third-order valence-electron chi connectivity index (χ3n) is 3.18. The Morgan fingerprint density at radius 1 is 1.06 bits per heavy atom. The molecule has 0 saturated heterocycles. The van der Waals surface area contributed by atoms with Gasteiger partial charge in [0.05, 0.1) is 6.21 Å². The fourth-order valence-electron chi connectivity index (χ4n) is 2.41. The maximum absolute atomic E-state index is 4.75. The Hall–Kier alpha value is -2.09. The first-order chi connectivity index (χ1) is 8.40. The summed E-state index contributed by atoms with van der Waals surface area (Å²) in [6.07, 6.45) is 2.77. The van der Waals surface area contributed by atoms with Crippen LogP contribution in [0.4, 0.5) is 0 Å². The second kappa shape index (κ2) is 4.06. The van der Waals surface area contributed by atoms with Gasteiger partial charge in [-0.15, -0.1) is 0 Å². The standard InChI is InChI=1S/C15H13NO/c1-17-16-10-12-6-4-8-14-13-7-3-2-5-11(13)9-15(12)14/h2-8,10H,9H2,1H3. The van der Waals surface area contributed by atoms with Crippen LogP contribution in [0.3, 0.4) is 0 Å². The first-order valence-corrected chi connectivity index (χ1v) is 5.67. The molecule has 0 N–H and O–H groups in total. The molecule has 0 amide bonds. The van der Waals surface area contributed by atoms with Crippen molar-refractivity contribution in [2.24, 2.45) is 5.16 Å². The lowest BCUT2D eigenvalue weighted by atomic mass is 10.0. The Kier molecular flexibility index (Phi) is 2.41. The van der Waals surface area contributed by atoms with Crippen LogP contribution < -0.4 is 0 Å². The van der Waals surface area contributed by atoms with E-state index in [1.54, 1.807) is 13.3 Å². The molecule has 0 atom stereocenters. The van der Waals surface area contributed by atoms with Gasteiger partial charge in [-0.2, -0.15) is 0 Å². The quantitative estimate of drug-likeness (QED) is 0.483. The zero-order valence-corrected chi connectivity index (χ0v) is 9.68. The number of oxime groups is 1. The van der Waals surface area contributed by atoms with E-state index in [1.807, 2.05) is 0 Å². The van der Waals surface area contributed by atoms with Crippen LogP contribution in [0, 0.1) is 0 Å². The van der Waals surface area contributed by atoms with Crippen LogP contribution in [-0.4, -0.2) is 13.3 Å². The molecule has 0 aliphatic heterocycles. The first kappa shape index (κ1) is 10.1. The molecular weight excluding hydrogens is 210 g/mol. The van der Waals surface area contributed by atoms with Gasteiger partial charge in [-0.3, -0.25) is 0 Å². The zero-order chi connectivity index (χ0) is 11.7. The van der Waals surface area contributed by atoms with E-state index >= 15 is 0 Å². The molecule has 0 spiro atoms. The molecule has 2 heteroatoms. The summed E-state index contributed by atoms with van der Waals surface area (Å²) in [6.45, 7) is 0. The smallest absolute Gasteiger partial charge is 0.106 e. The average molecular weight is 223 g/mol. The van der Waals surface area contributed by atoms with Crippen molar-refractivity contribution < 1.29 is 4.84 Å². The summed E-state index contributed by atoms with van der Waals surface area (Å²) in [7, 11) is 1.56. The van der Waals surface area contributed by atoms with Crippen LogP contribution >= 0.6 is 0 Å². The van der Waals surface area contributed by atoms with Crippen molar-refractivity contribution in [2.75, 3.05) is 7.11 Å². The minimum Gasteiger partial charge on any atom is -0.399 e. The lowest BCUT2D eigenvalue weighted by Crippen LogP contribution is -1.91. The van der Waals surface area contributed by atoms with Crippen LogP contribution in [0.25, 0.3) is 11.1 Å². The van der Waals surface area contributed by atoms with Gasteiger partial charge in [-0.25, -0.2) is 0 Å². The average Bonchev–Trinajstić information content (AvgIpc) is 2.75. The summed E-state index contributed by atoms with van der Waals surface area (Å²) < 4.78 is 0. The van der Waals surface area contributed by atoms with Gasteiger partial charge < -0.3 is 4.84 Å². The first-order valence-electron chi connectivity index (χ1n) is 5.67. The molecule has 1 aliphatic rings. The van der Waals surface area contributed by atoms with Crippen molar-refractivity contribution in [2.45, 2.75) is 6.42 Å². The van der Waals surface area contributed by atoms with Gasteiger partial charge in [-0.1, -0.05) is 47.6 Å². The van der Waals surface area contributed by atoms with Crippen LogP contribution in [-0.2, 0) is 11.3 Å². The fraction of sp³-hybridized carbons (Fsp3) is 0.133. The summed E-state index contributed by atoms with van der Waals surface area (Å²) >= 11 is 0. The third-order valence-corrected chi connectivity index (χ3v) is 3.18. The van der Waals surface area contributed by atoms with Gasteiger partial charge in [0.2, 0.25) is 0 Å². The highest BCUT2D eigenvalue weighted by Crippen LogP contribution is 2.37. The predicted molar refractivity (Wildman–Crippen MR) is 69.3 cm³/mol.